The third-order valence-corrected chi connectivity index (χ3v) is 3.77. The molecular formula is C12H8BrNO4. The number of carbonyl (C=O) groups is 1. The minimum Gasteiger partial charge on any atom is -0.481 e. The summed E-state index contributed by atoms with van der Waals surface area (Å²) < 4.78 is 10.9. The predicted octanol–water partition coefficient (Wildman–Crippen LogP) is 2.19. The molecule has 92 valence electrons. The first kappa shape index (κ1) is 11.3. The summed E-state index contributed by atoms with van der Waals surface area (Å²) in [6.45, 7) is 1.78. The van der Waals surface area contributed by atoms with Crippen LogP contribution in [-0.2, 0) is 4.79 Å². The van der Waals surface area contributed by atoms with Gasteiger partial charge in [0.1, 0.15) is 15.9 Å². The molecule has 0 aliphatic carbocycles. The van der Waals surface area contributed by atoms with Crippen LogP contribution in [-0.4, -0.2) is 12.5 Å². The lowest BCUT2D eigenvalue weighted by molar-refractivity contribution is -0.118. The summed E-state index contributed by atoms with van der Waals surface area (Å²) >= 11 is 3.18. The van der Waals surface area contributed by atoms with E-state index in [0.717, 1.165) is 10.9 Å². The van der Waals surface area contributed by atoms with Crippen LogP contribution in [0.2, 0.25) is 0 Å². The van der Waals surface area contributed by atoms with Gasteiger partial charge in [-0.25, -0.2) is 4.79 Å². The minimum absolute atomic E-state index is 0.0295. The van der Waals surface area contributed by atoms with Crippen molar-refractivity contribution >= 4 is 38.5 Å². The van der Waals surface area contributed by atoms with E-state index in [1.807, 2.05) is 0 Å². The molecule has 1 aliphatic rings. The molecule has 2 aromatic rings. The fourth-order valence-electron chi connectivity index (χ4n) is 1.93. The highest BCUT2D eigenvalue weighted by molar-refractivity contribution is 9.10. The van der Waals surface area contributed by atoms with Crippen LogP contribution in [0.1, 0.15) is 5.56 Å². The smallest absolute Gasteiger partial charge is 0.351 e. The second-order valence-corrected chi connectivity index (χ2v) is 4.77. The molecular weight excluding hydrogens is 302 g/mol. The molecule has 18 heavy (non-hydrogen) atoms. The molecule has 1 aromatic carbocycles. The van der Waals surface area contributed by atoms with Gasteiger partial charge in [0.2, 0.25) is 0 Å². The Morgan fingerprint density at radius 1 is 1.33 bits per heavy atom. The molecule has 2 heterocycles. The lowest BCUT2D eigenvalue weighted by atomic mass is 10.1. The van der Waals surface area contributed by atoms with Gasteiger partial charge in [-0.2, -0.15) is 0 Å². The van der Waals surface area contributed by atoms with E-state index in [-0.39, 0.29) is 12.5 Å². The zero-order valence-corrected chi connectivity index (χ0v) is 11.0. The van der Waals surface area contributed by atoms with Gasteiger partial charge in [0, 0.05) is 5.39 Å². The number of ether oxygens (including phenoxy) is 1. The summed E-state index contributed by atoms with van der Waals surface area (Å²) in [6.07, 6.45) is 0. The first-order valence-electron chi connectivity index (χ1n) is 5.26. The normalized spacial score (nSPS) is 14.0. The average Bonchev–Trinajstić information content (AvgIpc) is 2.36. The monoisotopic (exact) mass is 309 g/mol. The number of nitrogens with one attached hydrogen (secondary N) is 1. The number of aryl methyl sites for hydroxylation is 1. The zero-order valence-electron chi connectivity index (χ0n) is 9.37. The number of amides is 1. The summed E-state index contributed by atoms with van der Waals surface area (Å²) in [6, 6.07) is 3.55. The fourth-order valence-corrected chi connectivity index (χ4v) is 2.23. The average molecular weight is 310 g/mol. The van der Waals surface area contributed by atoms with Crippen molar-refractivity contribution in [2.75, 3.05) is 11.9 Å². The van der Waals surface area contributed by atoms with Crippen molar-refractivity contribution in [2.24, 2.45) is 0 Å². The van der Waals surface area contributed by atoms with Gasteiger partial charge in [-0.1, -0.05) is 0 Å². The molecule has 0 saturated heterocycles. The number of anilines is 1. The van der Waals surface area contributed by atoms with E-state index in [1.165, 1.54) is 0 Å². The Kier molecular flexibility index (Phi) is 2.41. The number of hydrogen-bond donors (Lipinski definition) is 1. The minimum atomic E-state index is -0.478. The quantitative estimate of drug-likeness (QED) is 0.757. The van der Waals surface area contributed by atoms with Crippen molar-refractivity contribution in [2.45, 2.75) is 6.92 Å². The number of hydrogen-bond acceptors (Lipinski definition) is 4. The largest absolute Gasteiger partial charge is 0.481 e. The molecule has 5 nitrogen and oxygen atoms in total. The van der Waals surface area contributed by atoms with Crippen molar-refractivity contribution in [3.63, 3.8) is 0 Å². The van der Waals surface area contributed by atoms with E-state index < -0.39 is 5.63 Å². The van der Waals surface area contributed by atoms with E-state index in [9.17, 15) is 9.59 Å². The first-order valence-corrected chi connectivity index (χ1v) is 6.06. The number of halogens is 1. The van der Waals surface area contributed by atoms with Gasteiger partial charge < -0.3 is 14.5 Å². The number of benzene rings is 1. The van der Waals surface area contributed by atoms with Crippen LogP contribution >= 0.6 is 15.9 Å². The summed E-state index contributed by atoms with van der Waals surface area (Å²) in [5.41, 5.74) is 1.04. The molecule has 1 aromatic heterocycles. The lowest BCUT2D eigenvalue weighted by Gasteiger charge is -2.19. The van der Waals surface area contributed by atoms with Crippen LogP contribution in [0.5, 0.6) is 5.75 Å². The predicted molar refractivity (Wildman–Crippen MR) is 69.0 cm³/mol. The lowest BCUT2D eigenvalue weighted by Crippen LogP contribution is -2.25. The Hall–Kier alpha value is -1.82. The Morgan fingerprint density at radius 2 is 2.11 bits per heavy atom. The first-order chi connectivity index (χ1) is 8.58. The molecule has 0 radical (unpaired) electrons. The third kappa shape index (κ3) is 1.53. The van der Waals surface area contributed by atoms with Gasteiger partial charge in [0.25, 0.3) is 5.91 Å². The maximum absolute atomic E-state index is 11.7. The summed E-state index contributed by atoms with van der Waals surface area (Å²) in [7, 11) is 0. The van der Waals surface area contributed by atoms with Crippen molar-refractivity contribution in [1.82, 2.24) is 0 Å². The maximum Gasteiger partial charge on any atom is 0.351 e. The van der Waals surface area contributed by atoms with Gasteiger partial charge in [-0.05, 0) is 40.5 Å². The molecule has 0 bridgehead atoms. The number of fused-ring (bicyclic) bond motifs is 3. The van der Waals surface area contributed by atoms with Crippen molar-refractivity contribution in [3.05, 3.63) is 32.6 Å². The van der Waals surface area contributed by atoms with Crippen LogP contribution in [0.15, 0.2) is 25.8 Å². The SMILES string of the molecule is Cc1c(Br)c(=O)oc2c3c(ccc12)OCC(=O)N3. The molecule has 6 heteroatoms. The Bertz CT molecular complexity index is 735. The molecule has 1 amide bonds. The van der Waals surface area contributed by atoms with Gasteiger partial charge in [0.15, 0.2) is 12.2 Å². The summed E-state index contributed by atoms with van der Waals surface area (Å²) in [5, 5.41) is 3.42. The van der Waals surface area contributed by atoms with Gasteiger partial charge in [0.05, 0.1) is 0 Å². The van der Waals surface area contributed by atoms with Crippen LogP contribution in [0.4, 0.5) is 5.69 Å². The molecule has 0 spiro atoms. The molecule has 0 unspecified atom stereocenters. The van der Waals surface area contributed by atoms with E-state index in [1.54, 1.807) is 19.1 Å². The van der Waals surface area contributed by atoms with Crippen LogP contribution < -0.4 is 15.7 Å². The topological polar surface area (TPSA) is 68.5 Å². The molecule has 3 rings (SSSR count). The van der Waals surface area contributed by atoms with Crippen molar-refractivity contribution in [3.8, 4) is 5.75 Å². The van der Waals surface area contributed by atoms with E-state index in [0.29, 0.717) is 21.5 Å². The van der Waals surface area contributed by atoms with Gasteiger partial charge >= 0.3 is 5.63 Å². The standard InChI is InChI=1S/C12H8BrNO4/c1-5-6-2-3-7-10(14-8(15)4-17-7)11(6)18-12(16)9(5)13/h2-3H,4H2,1H3,(H,14,15). The van der Waals surface area contributed by atoms with E-state index >= 15 is 0 Å². The number of carbonyl (C=O) groups excluding carboxylic acids is 1. The highest BCUT2D eigenvalue weighted by Crippen LogP contribution is 2.36. The Morgan fingerprint density at radius 3 is 2.89 bits per heavy atom. The summed E-state index contributed by atoms with van der Waals surface area (Å²) in [4.78, 5) is 23.0. The Balaban J connectivity index is 2.42. The third-order valence-electron chi connectivity index (χ3n) is 2.85. The van der Waals surface area contributed by atoms with E-state index in [4.69, 9.17) is 9.15 Å². The molecule has 0 fully saturated rings. The molecule has 1 aliphatic heterocycles. The summed E-state index contributed by atoms with van der Waals surface area (Å²) in [5.74, 6) is 0.241. The van der Waals surface area contributed by atoms with Gasteiger partial charge in [-0.15, -0.1) is 0 Å². The van der Waals surface area contributed by atoms with Crippen LogP contribution in [0.25, 0.3) is 11.0 Å². The van der Waals surface area contributed by atoms with E-state index in [2.05, 4.69) is 21.2 Å². The highest BCUT2D eigenvalue weighted by Gasteiger charge is 2.21. The Labute approximate surface area is 110 Å². The fraction of sp³-hybridized carbons (Fsp3) is 0.167. The highest BCUT2D eigenvalue weighted by atomic mass is 79.9. The molecule has 0 saturated carbocycles. The van der Waals surface area contributed by atoms with Gasteiger partial charge in [-0.3, -0.25) is 4.79 Å². The number of rotatable bonds is 0. The van der Waals surface area contributed by atoms with Crippen LogP contribution in [0, 0.1) is 6.92 Å². The van der Waals surface area contributed by atoms with Crippen molar-refractivity contribution < 1.29 is 13.9 Å². The molecule has 0 atom stereocenters. The maximum atomic E-state index is 11.7. The molecule has 1 N–H and O–H groups in total. The zero-order chi connectivity index (χ0) is 12.9. The van der Waals surface area contributed by atoms with Crippen molar-refractivity contribution in [1.29, 1.82) is 0 Å². The second-order valence-electron chi connectivity index (χ2n) is 3.98. The van der Waals surface area contributed by atoms with Crippen LogP contribution in [0.3, 0.4) is 0 Å². The second kappa shape index (κ2) is 3.84.